The third kappa shape index (κ3) is 1.94. The number of ketones is 1. The second-order valence-electron chi connectivity index (χ2n) is 10.2. The third-order valence-corrected chi connectivity index (χ3v) is 9.78. The fourth-order valence-corrected chi connectivity index (χ4v) is 8.80. The van der Waals surface area contributed by atoms with Gasteiger partial charge >= 0.3 is 0 Å². The minimum absolute atomic E-state index is 0.467. The molecule has 0 saturated heterocycles. The van der Waals surface area contributed by atoms with Crippen LogP contribution in [0.3, 0.4) is 0 Å². The predicted molar refractivity (Wildman–Crippen MR) is 93.0 cm³/mol. The van der Waals surface area contributed by atoms with Gasteiger partial charge in [0.25, 0.3) is 0 Å². The van der Waals surface area contributed by atoms with Crippen molar-refractivity contribution in [2.24, 2.45) is 40.4 Å². The molecule has 23 heavy (non-hydrogen) atoms. The van der Waals surface area contributed by atoms with Gasteiger partial charge in [-0.15, -0.1) is 0 Å². The molecule has 5 rings (SSSR count). The number of hydrogen-bond donors (Lipinski definition) is 0. The van der Waals surface area contributed by atoms with Crippen LogP contribution in [-0.2, 0) is 4.79 Å². The summed E-state index contributed by atoms with van der Waals surface area (Å²) in [5, 5.41) is 0. The van der Waals surface area contributed by atoms with E-state index in [2.05, 4.69) is 6.92 Å². The zero-order valence-electron chi connectivity index (χ0n) is 15.0. The quantitative estimate of drug-likeness (QED) is 0.555. The van der Waals surface area contributed by atoms with Gasteiger partial charge in [0.2, 0.25) is 0 Å². The standard InChI is InChI=1S/C22H34O/c1-21-12-3-2-4-15(21)6-9-18-19(21)11-13-22-14-17(23)8-5-16(22)7-10-20(18)22/h15-16,18-20H,2-14H2,1H3. The lowest BCUT2D eigenvalue weighted by Crippen LogP contribution is -2.54. The largest absolute Gasteiger partial charge is 0.300 e. The van der Waals surface area contributed by atoms with Crippen molar-refractivity contribution < 1.29 is 4.79 Å². The second-order valence-corrected chi connectivity index (χ2v) is 10.2. The number of hydrogen-bond acceptors (Lipinski definition) is 1. The van der Waals surface area contributed by atoms with E-state index < -0.39 is 0 Å². The van der Waals surface area contributed by atoms with Crippen LogP contribution in [0.5, 0.6) is 0 Å². The Bertz CT molecular complexity index is 510. The van der Waals surface area contributed by atoms with Gasteiger partial charge in [-0.3, -0.25) is 4.79 Å². The van der Waals surface area contributed by atoms with Crippen molar-refractivity contribution in [3.8, 4) is 0 Å². The Morgan fingerprint density at radius 3 is 2.61 bits per heavy atom. The summed E-state index contributed by atoms with van der Waals surface area (Å²) in [7, 11) is 0. The minimum atomic E-state index is 0.467. The SMILES string of the molecule is CC12CCCCC1CCC1C2CCC23CC(=O)CCC2CCC13. The van der Waals surface area contributed by atoms with E-state index in [4.69, 9.17) is 0 Å². The normalized spacial score (nSPS) is 55.5. The van der Waals surface area contributed by atoms with Gasteiger partial charge in [-0.05, 0) is 98.2 Å². The van der Waals surface area contributed by atoms with Crippen LogP contribution in [0.15, 0.2) is 0 Å². The number of rotatable bonds is 0. The highest BCUT2D eigenvalue weighted by Crippen LogP contribution is 2.69. The summed E-state index contributed by atoms with van der Waals surface area (Å²) < 4.78 is 0. The maximum atomic E-state index is 12.3. The van der Waals surface area contributed by atoms with E-state index in [9.17, 15) is 4.79 Å². The molecule has 1 nitrogen and oxygen atoms in total. The van der Waals surface area contributed by atoms with Gasteiger partial charge in [-0.2, -0.15) is 0 Å². The van der Waals surface area contributed by atoms with Crippen molar-refractivity contribution in [1.82, 2.24) is 0 Å². The topological polar surface area (TPSA) is 17.1 Å². The van der Waals surface area contributed by atoms with Crippen molar-refractivity contribution in [3.63, 3.8) is 0 Å². The molecule has 0 radical (unpaired) electrons. The Labute approximate surface area is 142 Å². The molecule has 0 amide bonds. The smallest absolute Gasteiger partial charge is 0.133 e. The minimum Gasteiger partial charge on any atom is -0.300 e. The Balaban J connectivity index is 1.47. The summed E-state index contributed by atoms with van der Waals surface area (Å²) in [5.41, 5.74) is 1.12. The van der Waals surface area contributed by atoms with E-state index in [1.165, 1.54) is 70.6 Å². The van der Waals surface area contributed by atoms with Crippen LogP contribution in [0.25, 0.3) is 0 Å². The molecule has 0 N–H and O–H groups in total. The number of Topliss-reactive ketones (excluding diaryl/α,β-unsaturated/α-hetero) is 1. The Kier molecular flexibility index (Phi) is 3.31. The molecule has 0 aromatic rings. The lowest BCUT2D eigenvalue weighted by Gasteiger charge is -2.61. The Hall–Kier alpha value is -0.330. The molecule has 0 bridgehead atoms. The summed E-state index contributed by atoms with van der Waals surface area (Å²) in [6.45, 7) is 2.67. The van der Waals surface area contributed by atoms with Crippen LogP contribution in [0.4, 0.5) is 0 Å². The van der Waals surface area contributed by atoms with E-state index in [-0.39, 0.29) is 0 Å². The molecule has 0 aliphatic heterocycles. The monoisotopic (exact) mass is 314 g/mol. The highest BCUT2D eigenvalue weighted by Gasteiger charge is 2.62. The molecule has 128 valence electrons. The van der Waals surface area contributed by atoms with Gasteiger partial charge in [-0.1, -0.05) is 19.8 Å². The lowest BCUT2D eigenvalue weighted by atomic mass is 9.43. The van der Waals surface area contributed by atoms with Gasteiger partial charge in [0, 0.05) is 12.8 Å². The fourth-order valence-electron chi connectivity index (χ4n) is 8.80. The van der Waals surface area contributed by atoms with Gasteiger partial charge < -0.3 is 0 Å². The molecule has 1 spiro atoms. The van der Waals surface area contributed by atoms with Crippen molar-refractivity contribution in [2.75, 3.05) is 0 Å². The first-order valence-electron chi connectivity index (χ1n) is 10.7. The van der Waals surface area contributed by atoms with Crippen molar-refractivity contribution in [2.45, 2.75) is 90.4 Å². The molecule has 7 unspecified atom stereocenters. The molecule has 5 aliphatic carbocycles. The first-order chi connectivity index (χ1) is 11.1. The summed E-state index contributed by atoms with van der Waals surface area (Å²) in [5.74, 6) is 5.41. The summed E-state index contributed by atoms with van der Waals surface area (Å²) in [6.07, 6.45) is 17.8. The first kappa shape index (κ1) is 15.0. The number of carbonyl (C=O) groups excluding carboxylic acids is 1. The molecule has 0 heterocycles. The third-order valence-electron chi connectivity index (χ3n) is 9.78. The highest BCUT2D eigenvalue weighted by atomic mass is 16.1. The molecule has 7 atom stereocenters. The summed E-state index contributed by atoms with van der Waals surface area (Å²) >= 11 is 0. The molecule has 0 aromatic heterocycles. The van der Waals surface area contributed by atoms with E-state index >= 15 is 0 Å². The fraction of sp³-hybridized carbons (Fsp3) is 0.955. The maximum absolute atomic E-state index is 12.3. The highest BCUT2D eigenvalue weighted by molar-refractivity contribution is 5.80. The first-order valence-corrected chi connectivity index (χ1v) is 10.7. The predicted octanol–water partition coefficient (Wildman–Crippen LogP) is 5.77. The summed E-state index contributed by atoms with van der Waals surface area (Å²) in [6, 6.07) is 0. The van der Waals surface area contributed by atoms with Crippen LogP contribution < -0.4 is 0 Å². The molecule has 0 aromatic carbocycles. The molecule has 5 aliphatic rings. The van der Waals surface area contributed by atoms with Crippen LogP contribution in [0, 0.1) is 40.4 Å². The Morgan fingerprint density at radius 1 is 0.826 bits per heavy atom. The van der Waals surface area contributed by atoms with Crippen LogP contribution >= 0.6 is 0 Å². The zero-order chi connectivity index (χ0) is 15.7. The Morgan fingerprint density at radius 2 is 1.70 bits per heavy atom. The van der Waals surface area contributed by atoms with Crippen LogP contribution in [-0.4, -0.2) is 5.78 Å². The molecule has 1 heteroatoms. The van der Waals surface area contributed by atoms with Crippen molar-refractivity contribution in [1.29, 1.82) is 0 Å². The van der Waals surface area contributed by atoms with E-state index in [1.807, 2.05) is 0 Å². The number of carbonyl (C=O) groups is 1. The van der Waals surface area contributed by atoms with E-state index in [0.29, 0.717) is 16.6 Å². The molecule has 5 fully saturated rings. The van der Waals surface area contributed by atoms with Gasteiger partial charge in [-0.25, -0.2) is 0 Å². The zero-order valence-corrected chi connectivity index (χ0v) is 15.0. The van der Waals surface area contributed by atoms with Gasteiger partial charge in [0.05, 0.1) is 0 Å². The lowest BCUT2D eigenvalue weighted by molar-refractivity contribution is -0.142. The van der Waals surface area contributed by atoms with Crippen molar-refractivity contribution >= 4 is 5.78 Å². The molecular weight excluding hydrogens is 280 g/mol. The maximum Gasteiger partial charge on any atom is 0.133 e. The van der Waals surface area contributed by atoms with Crippen molar-refractivity contribution in [3.05, 3.63) is 0 Å². The van der Waals surface area contributed by atoms with Gasteiger partial charge in [0.1, 0.15) is 5.78 Å². The average Bonchev–Trinajstić information content (AvgIpc) is 2.92. The van der Waals surface area contributed by atoms with E-state index in [1.54, 1.807) is 0 Å². The second kappa shape index (κ2) is 5.09. The molecule has 5 saturated carbocycles. The summed E-state index contributed by atoms with van der Waals surface area (Å²) in [4.78, 5) is 12.3. The van der Waals surface area contributed by atoms with Crippen LogP contribution in [0.2, 0.25) is 0 Å². The van der Waals surface area contributed by atoms with Gasteiger partial charge in [0.15, 0.2) is 0 Å². The number of fused-ring (bicyclic) bond motifs is 4. The van der Waals surface area contributed by atoms with E-state index in [0.717, 1.165) is 42.4 Å². The molecular formula is C22H34O. The van der Waals surface area contributed by atoms with Crippen LogP contribution in [0.1, 0.15) is 90.4 Å². The average molecular weight is 315 g/mol.